The standard InChI is InChI=1S/C15H18N4O/c1-18(15(20)10-19-9-8-14(16)17-19)13-7-6-11-4-2-3-5-12(11)13/h2-5,8-9,13H,6-7,10H2,1H3,(H2,16,17). The number of amides is 1. The number of nitrogens with zero attached hydrogens (tertiary/aromatic N) is 3. The van der Waals surface area contributed by atoms with E-state index in [1.165, 1.54) is 11.1 Å². The van der Waals surface area contributed by atoms with Crippen molar-refractivity contribution in [3.8, 4) is 0 Å². The number of carbonyl (C=O) groups excluding carboxylic acids is 1. The lowest BCUT2D eigenvalue weighted by atomic mass is 10.1. The lowest BCUT2D eigenvalue weighted by Gasteiger charge is -2.25. The molecule has 0 aliphatic heterocycles. The van der Waals surface area contributed by atoms with Crippen LogP contribution in [0.3, 0.4) is 0 Å². The number of fused-ring (bicyclic) bond motifs is 1. The monoisotopic (exact) mass is 270 g/mol. The van der Waals surface area contributed by atoms with Crippen LogP contribution in [-0.2, 0) is 17.8 Å². The number of aromatic nitrogens is 2. The maximum atomic E-state index is 12.3. The molecule has 104 valence electrons. The van der Waals surface area contributed by atoms with Crippen molar-refractivity contribution < 1.29 is 4.79 Å². The highest BCUT2D eigenvalue weighted by Crippen LogP contribution is 2.34. The molecule has 2 aromatic rings. The zero-order chi connectivity index (χ0) is 14.1. The largest absolute Gasteiger partial charge is 0.382 e. The maximum absolute atomic E-state index is 12.3. The Morgan fingerprint density at radius 1 is 1.45 bits per heavy atom. The first-order valence-corrected chi connectivity index (χ1v) is 6.77. The highest BCUT2D eigenvalue weighted by Gasteiger charge is 2.28. The highest BCUT2D eigenvalue weighted by molar-refractivity contribution is 5.76. The highest BCUT2D eigenvalue weighted by atomic mass is 16.2. The van der Waals surface area contributed by atoms with Crippen LogP contribution in [0.2, 0.25) is 0 Å². The number of hydrogen-bond acceptors (Lipinski definition) is 3. The van der Waals surface area contributed by atoms with Crippen LogP contribution in [0.1, 0.15) is 23.6 Å². The van der Waals surface area contributed by atoms with Gasteiger partial charge in [0, 0.05) is 13.2 Å². The molecule has 20 heavy (non-hydrogen) atoms. The second-order valence-corrected chi connectivity index (χ2v) is 5.20. The van der Waals surface area contributed by atoms with Gasteiger partial charge in [-0.3, -0.25) is 9.48 Å². The summed E-state index contributed by atoms with van der Waals surface area (Å²) in [6, 6.07) is 10.2. The number of likely N-dealkylation sites (N-methyl/N-ethyl adjacent to an activating group) is 1. The van der Waals surface area contributed by atoms with E-state index in [1.807, 2.05) is 18.0 Å². The van der Waals surface area contributed by atoms with Crippen LogP contribution in [0.15, 0.2) is 36.5 Å². The van der Waals surface area contributed by atoms with Crippen molar-refractivity contribution in [1.29, 1.82) is 0 Å². The Morgan fingerprint density at radius 2 is 2.25 bits per heavy atom. The number of hydrogen-bond donors (Lipinski definition) is 1. The van der Waals surface area contributed by atoms with Crippen molar-refractivity contribution in [1.82, 2.24) is 14.7 Å². The Labute approximate surface area is 118 Å². The van der Waals surface area contributed by atoms with E-state index in [4.69, 9.17) is 5.73 Å². The fourth-order valence-corrected chi connectivity index (χ4v) is 2.83. The summed E-state index contributed by atoms with van der Waals surface area (Å²) in [4.78, 5) is 14.2. The minimum Gasteiger partial charge on any atom is -0.382 e. The molecule has 0 spiro atoms. The Kier molecular flexibility index (Phi) is 3.18. The van der Waals surface area contributed by atoms with Gasteiger partial charge in [0.05, 0.1) is 6.04 Å². The summed E-state index contributed by atoms with van der Waals surface area (Å²) < 4.78 is 1.58. The van der Waals surface area contributed by atoms with E-state index < -0.39 is 0 Å². The number of anilines is 1. The van der Waals surface area contributed by atoms with Gasteiger partial charge in [0.15, 0.2) is 0 Å². The summed E-state index contributed by atoms with van der Waals surface area (Å²) in [6.07, 6.45) is 3.75. The van der Waals surface area contributed by atoms with Crippen LogP contribution in [-0.4, -0.2) is 27.6 Å². The lowest BCUT2D eigenvalue weighted by Crippen LogP contribution is -2.33. The predicted molar refractivity (Wildman–Crippen MR) is 76.9 cm³/mol. The minimum atomic E-state index is 0.0507. The average Bonchev–Trinajstić information content (AvgIpc) is 3.04. The van der Waals surface area contributed by atoms with Crippen LogP contribution in [0.4, 0.5) is 5.82 Å². The van der Waals surface area contributed by atoms with Gasteiger partial charge in [-0.1, -0.05) is 24.3 Å². The van der Waals surface area contributed by atoms with E-state index in [0.29, 0.717) is 5.82 Å². The third kappa shape index (κ3) is 2.27. The Hall–Kier alpha value is -2.30. The van der Waals surface area contributed by atoms with Gasteiger partial charge in [0.2, 0.25) is 5.91 Å². The summed E-state index contributed by atoms with van der Waals surface area (Å²) in [7, 11) is 1.86. The molecule has 0 saturated carbocycles. The van der Waals surface area contributed by atoms with E-state index >= 15 is 0 Å². The van der Waals surface area contributed by atoms with Gasteiger partial charge < -0.3 is 10.6 Å². The number of aryl methyl sites for hydroxylation is 1. The molecule has 1 aromatic heterocycles. The summed E-state index contributed by atoms with van der Waals surface area (Å²) >= 11 is 0. The predicted octanol–water partition coefficient (Wildman–Crippen LogP) is 1.61. The Bertz CT molecular complexity index is 634. The zero-order valence-electron chi connectivity index (χ0n) is 11.5. The van der Waals surface area contributed by atoms with E-state index in [-0.39, 0.29) is 18.5 Å². The van der Waals surface area contributed by atoms with Gasteiger partial charge in [-0.25, -0.2) is 0 Å². The van der Waals surface area contributed by atoms with Crippen molar-refractivity contribution in [2.75, 3.05) is 12.8 Å². The molecule has 0 bridgehead atoms. The van der Waals surface area contributed by atoms with Gasteiger partial charge in [-0.2, -0.15) is 5.10 Å². The Morgan fingerprint density at radius 3 is 3.00 bits per heavy atom. The lowest BCUT2D eigenvalue weighted by molar-refractivity contribution is -0.132. The molecule has 1 aliphatic rings. The minimum absolute atomic E-state index is 0.0507. The van der Waals surface area contributed by atoms with E-state index in [2.05, 4.69) is 23.3 Å². The topological polar surface area (TPSA) is 64.2 Å². The molecular weight excluding hydrogens is 252 g/mol. The van der Waals surface area contributed by atoms with Gasteiger partial charge >= 0.3 is 0 Å². The van der Waals surface area contributed by atoms with Crippen LogP contribution >= 0.6 is 0 Å². The summed E-state index contributed by atoms with van der Waals surface area (Å²) in [5.41, 5.74) is 8.17. The number of rotatable bonds is 3. The van der Waals surface area contributed by atoms with E-state index in [0.717, 1.165) is 12.8 Å². The number of carbonyl (C=O) groups is 1. The molecule has 1 aromatic carbocycles. The average molecular weight is 270 g/mol. The second-order valence-electron chi connectivity index (χ2n) is 5.20. The smallest absolute Gasteiger partial charge is 0.244 e. The summed E-state index contributed by atoms with van der Waals surface area (Å²) in [5, 5.41) is 4.05. The van der Waals surface area contributed by atoms with Gasteiger partial charge in [-0.05, 0) is 30.0 Å². The van der Waals surface area contributed by atoms with E-state index in [1.54, 1.807) is 16.9 Å². The Balaban J connectivity index is 1.73. The first kappa shape index (κ1) is 12.7. The van der Waals surface area contributed by atoms with Crippen LogP contribution in [0.25, 0.3) is 0 Å². The molecule has 5 heteroatoms. The van der Waals surface area contributed by atoms with Crippen molar-refractivity contribution in [2.45, 2.75) is 25.4 Å². The fraction of sp³-hybridized carbons (Fsp3) is 0.333. The molecule has 2 N–H and O–H groups in total. The molecule has 0 fully saturated rings. The molecule has 1 atom stereocenters. The van der Waals surface area contributed by atoms with Crippen molar-refractivity contribution in [3.63, 3.8) is 0 Å². The number of benzene rings is 1. The quantitative estimate of drug-likeness (QED) is 0.921. The molecule has 0 radical (unpaired) electrons. The normalized spacial score (nSPS) is 16.9. The molecule has 5 nitrogen and oxygen atoms in total. The molecular formula is C15H18N4O. The number of nitrogens with two attached hydrogens (primary N) is 1. The summed E-state index contributed by atoms with van der Waals surface area (Å²) in [6.45, 7) is 0.229. The van der Waals surface area contributed by atoms with Crippen molar-refractivity contribution >= 4 is 11.7 Å². The molecule has 1 heterocycles. The van der Waals surface area contributed by atoms with E-state index in [9.17, 15) is 4.79 Å². The SMILES string of the molecule is CN(C(=O)Cn1ccc(N)n1)C1CCc2ccccc21. The van der Waals surface area contributed by atoms with Crippen LogP contribution in [0.5, 0.6) is 0 Å². The first-order chi connectivity index (χ1) is 9.65. The third-order valence-electron chi connectivity index (χ3n) is 3.92. The molecule has 1 unspecified atom stereocenters. The fourth-order valence-electron chi connectivity index (χ4n) is 2.83. The van der Waals surface area contributed by atoms with Crippen molar-refractivity contribution in [2.24, 2.45) is 0 Å². The molecule has 0 saturated heterocycles. The molecule has 1 aliphatic carbocycles. The van der Waals surface area contributed by atoms with Crippen LogP contribution < -0.4 is 5.73 Å². The summed E-state index contributed by atoms with van der Waals surface area (Å²) in [5.74, 6) is 0.487. The van der Waals surface area contributed by atoms with Gasteiger partial charge in [0.1, 0.15) is 12.4 Å². The van der Waals surface area contributed by atoms with Gasteiger partial charge in [0.25, 0.3) is 0 Å². The molecule has 3 rings (SSSR count). The zero-order valence-corrected chi connectivity index (χ0v) is 11.5. The van der Waals surface area contributed by atoms with Gasteiger partial charge in [-0.15, -0.1) is 0 Å². The van der Waals surface area contributed by atoms with Crippen LogP contribution in [0, 0.1) is 0 Å². The first-order valence-electron chi connectivity index (χ1n) is 6.77. The maximum Gasteiger partial charge on any atom is 0.244 e. The number of nitrogen functional groups attached to an aromatic ring is 1. The second kappa shape index (κ2) is 5.00. The van der Waals surface area contributed by atoms with Crippen molar-refractivity contribution in [3.05, 3.63) is 47.7 Å². The third-order valence-corrected chi connectivity index (χ3v) is 3.92. The molecule has 1 amide bonds.